The lowest BCUT2D eigenvalue weighted by Crippen LogP contribution is -2.41. The van der Waals surface area contributed by atoms with E-state index in [0.29, 0.717) is 18.5 Å². The molecule has 1 spiro atoms. The molecule has 0 saturated heterocycles. The van der Waals surface area contributed by atoms with Crippen molar-refractivity contribution in [2.75, 3.05) is 17.7 Å². The highest BCUT2D eigenvalue weighted by Gasteiger charge is 2.48. The fourth-order valence-electron chi connectivity index (χ4n) is 4.32. The molecule has 0 unspecified atom stereocenters. The van der Waals surface area contributed by atoms with Gasteiger partial charge in [-0.15, -0.1) is 0 Å². The average Bonchev–Trinajstić information content (AvgIpc) is 2.95. The van der Waals surface area contributed by atoms with Gasteiger partial charge in [0.2, 0.25) is 0 Å². The number of fused-ring (bicyclic) bond motifs is 2. The minimum atomic E-state index is -3.37. The first kappa shape index (κ1) is 17.3. The molecule has 0 aromatic heterocycles. The molecule has 4 rings (SSSR count). The Morgan fingerprint density at radius 2 is 1.88 bits per heavy atom. The molecule has 136 valence electrons. The minimum absolute atomic E-state index is 0.0925. The normalized spacial score (nSPS) is 17.8. The molecule has 2 aromatic carbocycles. The van der Waals surface area contributed by atoms with Crippen LogP contribution in [-0.2, 0) is 21.7 Å². The number of rotatable bonds is 3. The van der Waals surface area contributed by atoms with Gasteiger partial charge in [0, 0.05) is 29.5 Å². The first-order valence-electron chi connectivity index (χ1n) is 9.10. The molecule has 26 heavy (non-hydrogen) atoms. The number of hydrogen-bond acceptors (Lipinski definition) is 3. The van der Waals surface area contributed by atoms with Gasteiger partial charge in [-0.25, -0.2) is 8.42 Å². The number of benzene rings is 2. The van der Waals surface area contributed by atoms with E-state index < -0.39 is 9.84 Å². The number of hydrogen-bond donors (Lipinski definition) is 0. The van der Waals surface area contributed by atoms with Crippen LogP contribution in [0.5, 0.6) is 0 Å². The smallest absolute Gasteiger partial charge is 0.258 e. The number of nitrogens with zero attached hydrogens (tertiary/aromatic N) is 1. The zero-order valence-electron chi connectivity index (χ0n) is 15.2. The van der Waals surface area contributed by atoms with Gasteiger partial charge in [-0.3, -0.25) is 4.79 Å². The molecule has 0 atom stereocenters. The lowest BCUT2D eigenvalue weighted by atomic mass is 9.66. The van der Waals surface area contributed by atoms with Gasteiger partial charge in [0.1, 0.15) is 0 Å². The topological polar surface area (TPSA) is 54.5 Å². The van der Waals surface area contributed by atoms with Crippen LogP contribution < -0.4 is 4.90 Å². The Balaban J connectivity index is 1.76. The van der Waals surface area contributed by atoms with Crippen molar-refractivity contribution in [1.29, 1.82) is 0 Å². The van der Waals surface area contributed by atoms with E-state index in [2.05, 4.69) is 6.07 Å². The summed E-state index contributed by atoms with van der Waals surface area (Å²) in [5.41, 5.74) is 3.51. The van der Waals surface area contributed by atoms with E-state index in [0.717, 1.165) is 24.1 Å². The second-order valence-electron chi connectivity index (χ2n) is 7.49. The van der Waals surface area contributed by atoms with Crippen LogP contribution in [0, 0.1) is 0 Å². The molecule has 2 aliphatic rings. The van der Waals surface area contributed by atoms with Crippen LogP contribution in [0.1, 0.15) is 47.7 Å². The maximum atomic E-state index is 13.2. The first-order valence-corrected chi connectivity index (χ1v) is 11.0. The van der Waals surface area contributed by atoms with Crippen LogP contribution in [0.4, 0.5) is 5.69 Å². The van der Waals surface area contributed by atoms with Crippen LogP contribution >= 0.6 is 0 Å². The van der Waals surface area contributed by atoms with Crippen molar-refractivity contribution in [3.8, 4) is 0 Å². The molecule has 1 fully saturated rings. The van der Waals surface area contributed by atoms with Gasteiger partial charge in [0.25, 0.3) is 5.91 Å². The Labute approximate surface area is 154 Å². The standard InChI is InChI=1S/C21H23NO3S/c1-3-15-9-10-16(13-19(15)26(2,24)25)20(23)22-14-21(11-6-12-21)17-7-4-5-8-18(17)22/h4-5,7-10,13H,3,6,11-12,14H2,1-2H3. The number of carbonyl (C=O) groups excluding carboxylic acids is 1. The predicted molar refractivity (Wildman–Crippen MR) is 103 cm³/mol. The molecular formula is C21H23NO3S. The number of sulfone groups is 1. The number of amides is 1. The fourth-order valence-corrected chi connectivity index (χ4v) is 5.35. The summed E-state index contributed by atoms with van der Waals surface area (Å²) in [6.45, 7) is 2.61. The molecule has 1 aliphatic heterocycles. The average molecular weight is 369 g/mol. The van der Waals surface area contributed by atoms with E-state index in [1.807, 2.05) is 30.0 Å². The Morgan fingerprint density at radius 1 is 1.15 bits per heavy atom. The lowest BCUT2D eigenvalue weighted by Gasteiger charge is -2.39. The van der Waals surface area contributed by atoms with E-state index in [-0.39, 0.29) is 16.2 Å². The maximum absolute atomic E-state index is 13.2. The van der Waals surface area contributed by atoms with Crippen molar-refractivity contribution in [3.05, 3.63) is 59.2 Å². The summed E-state index contributed by atoms with van der Waals surface area (Å²) < 4.78 is 24.3. The van der Waals surface area contributed by atoms with E-state index >= 15 is 0 Å². The first-order chi connectivity index (χ1) is 12.4. The van der Waals surface area contributed by atoms with E-state index in [1.165, 1.54) is 18.2 Å². The molecule has 1 saturated carbocycles. The molecule has 2 aromatic rings. The van der Waals surface area contributed by atoms with E-state index in [4.69, 9.17) is 0 Å². The third-order valence-corrected chi connectivity index (χ3v) is 7.06. The number of carbonyl (C=O) groups is 1. The van der Waals surface area contributed by atoms with Gasteiger partial charge in [-0.1, -0.05) is 37.6 Å². The van der Waals surface area contributed by atoms with Crippen molar-refractivity contribution < 1.29 is 13.2 Å². The highest BCUT2D eigenvalue weighted by atomic mass is 32.2. The second kappa shape index (κ2) is 5.95. The van der Waals surface area contributed by atoms with Crippen molar-refractivity contribution in [2.45, 2.75) is 42.9 Å². The largest absolute Gasteiger partial charge is 0.307 e. The van der Waals surface area contributed by atoms with Crippen LogP contribution in [0.15, 0.2) is 47.4 Å². The summed E-state index contributed by atoms with van der Waals surface area (Å²) in [7, 11) is -3.37. The van der Waals surface area contributed by atoms with Gasteiger partial charge in [-0.2, -0.15) is 0 Å². The molecule has 1 aliphatic carbocycles. The third kappa shape index (κ3) is 2.57. The molecule has 5 heteroatoms. The highest BCUT2D eigenvalue weighted by Crippen LogP contribution is 2.52. The quantitative estimate of drug-likeness (QED) is 0.828. The molecule has 0 bridgehead atoms. The van der Waals surface area contributed by atoms with Crippen LogP contribution in [0.2, 0.25) is 0 Å². The molecule has 1 heterocycles. The second-order valence-corrected chi connectivity index (χ2v) is 9.47. The summed E-state index contributed by atoms with van der Waals surface area (Å²) >= 11 is 0. The third-order valence-electron chi connectivity index (χ3n) is 5.88. The number of para-hydroxylation sites is 1. The summed E-state index contributed by atoms with van der Waals surface area (Å²) in [6.07, 6.45) is 5.23. The zero-order chi connectivity index (χ0) is 18.5. The predicted octanol–water partition coefficient (Wildman–Crippen LogP) is 3.73. The molecule has 1 amide bonds. The van der Waals surface area contributed by atoms with Crippen molar-refractivity contribution in [3.63, 3.8) is 0 Å². The fraction of sp³-hybridized carbons (Fsp3) is 0.381. The minimum Gasteiger partial charge on any atom is -0.307 e. The monoisotopic (exact) mass is 369 g/mol. The zero-order valence-corrected chi connectivity index (χ0v) is 16.0. The molecular weight excluding hydrogens is 346 g/mol. The van der Waals surface area contributed by atoms with Crippen molar-refractivity contribution in [2.24, 2.45) is 0 Å². The van der Waals surface area contributed by atoms with Gasteiger partial charge in [0.05, 0.1) is 4.90 Å². The molecule has 4 nitrogen and oxygen atoms in total. The van der Waals surface area contributed by atoms with E-state index in [1.54, 1.807) is 18.2 Å². The Kier molecular flexibility index (Phi) is 3.95. The number of aryl methyl sites for hydroxylation is 1. The van der Waals surface area contributed by atoms with E-state index in [9.17, 15) is 13.2 Å². The number of anilines is 1. The maximum Gasteiger partial charge on any atom is 0.258 e. The Morgan fingerprint density at radius 3 is 2.50 bits per heavy atom. The van der Waals surface area contributed by atoms with Crippen LogP contribution in [0.3, 0.4) is 0 Å². The Bertz CT molecular complexity index is 990. The SMILES string of the molecule is CCc1ccc(C(=O)N2CC3(CCC3)c3ccccc32)cc1S(C)(=O)=O. The molecule has 0 radical (unpaired) electrons. The van der Waals surface area contributed by atoms with Gasteiger partial charge >= 0.3 is 0 Å². The van der Waals surface area contributed by atoms with Crippen molar-refractivity contribution >= 4 is 21.4 Å². The van der Waals surface area contributed by atoms with Gasteiger partial charge < -0.3 is 4.90 Å². The van der Waals surface area contributed by atoms with Gasteiger partial charge in [0.15, 0.2) is 9.84 Å². The lowest BCUT2D eigenvalue weighted by molar-refractivity contribution is 0.0979. The van der Waals surface area contributed by atoms with Crippen LogP contribution in [0.25, 0.3) is 0 Å². The summed E-state index contributed by atoms with van der Waals surface area (Å²) in [5, 5.41) is 0. The summed E-state index contributed by atoms with van der Waals surface area (Å²) in [6, 6.07) is 13.2. The molecule has 0 N–H and O–H groups in total. The van der Waals surface area contributed by atoms with Crippen LogP contribution in [-0.4, -0.2) is 27.1 Å². The summed E-state index contributed by atoms with van der Waals surface area (Å²) in [5.74, 6) is -0.117. The highest BCUT2D eigenvalue weighted by molar-refractivity contribution is 7.90. The summed E-state index contributed by atoms with van der Waals surface area (Å²) in [4.78, 5) is 15.3. The van der Waals surface area contributed by atoms with Gasteiger partial charge in [-0.05, 0) is 48.6 Å². The van der Waals surface area contributed by atoms with Crippen molar-refractivity contribution in [1.82, 2.24) is 0 Å². The Hall–Kier alpha value is -2.14.